The number of anilines is 1. The van der Waals surface area contributed by atoms with Gasteiger partial charge in [-0.05, 0) is 12.1 Å². The highest BCUT2D eigenvalue weighted by molar-refractivity contribution is 5.62. The van der Waals surface area contributed by atoms with Gasteiger partial charge in [-0.2, -0.15) is 0 Å². The predicted molar refractivity (Wildman–Crippen MR) is 60.8 cm³/mol. The highest BCUT2D eigenvalue weighted by Gasteiger charge is 2.07. The van der Waals surface area contributed by atoms with Crippen molar-refractivity contribution in [3.8, 4) is 0 Å². The van der Waals surface area contributed by atoms with Gasteiger partial charge in [0.1, 0.15) is 5.82 Å². The van der Waals surface area contributed by atoms with E-state index in [0.29, 0.717) is 22.9 Å². The van der Waals surface area contributed by atoms with E-state index < -0.39 is 0 Å². The summed E-state index contributed by atoms with van der Waals surface area (Å²) in [6, 6.07) is 3.48. The second kappa shape index (κ2) is 4.52. The number of nitrogens with two attached hydrogens (primary N) is 3. The molecule has 0 saturated heterocycles. The van der Waals surface area contributed by atoms with Crippen molar-refractivity contribution in [1.82, 2.24) is 15.3 Å². The number of rotatable bonds is 3. The van der Waals surface area contributed by atoms with Gasteiger partial charge in [0.05, 0.1) is 23.3 Å². The van der Waals surface area contributed by atoms with Gasteiger partial charge in [0.25, 0.3) is 0 Å². The third kappa shape index (κ3) is 2.50. The fourth-order valence-electron chi connectivity index (χ4n) is 1.19. The molecule has 0 bridgehead atoms. The van der Waals surface area contributed by atoms with E-state index in [0.717, 1.165) is 0 Å². The van der Waals surface area contributed by atoms with Gasteiger partial charge in [-0.1, -0.05) is 0 Å². The third-order valence-corrected chi connectivity index (χ3v) is 1.91. The molecule has 6 heteroatoms. The topological polar surface area (TPSA) is 106 Å². The maximum absolute atomic E-state index is 5.89. The normalized spacial score (nSPS) is 11.9. The van der Waals surface area contributed by atoms with Crippen molar-refractivity contribution >= 4 is 11.4 Å². The standard InChI is InChI=1S/C9H16N6/c1-13-9(15(2)12)8(11)7-4-3-6(10)5-14-7/h3-5,13H,10-12H2,1-2H3/b9-8-. The zero-order valence-electron chi connectivity index (χ0n) is 8.86. The Morgan fingerprint density at radius 2 is 2.13 bits per heavy atom. The van der Waals surface area contributed by atoms with Crippen LogP contribution in [0, 0.1) is 0 Å². The summed E-state index contributed by atoms with van der Waals surface area (Å²) in [6.45, 7) is 0. The van der Waals surface area contributed by atoms with Crippen LogP contribution in [0.4, 0.5) is 5.69 Å². The lowest BCUT2D eigenvalue weighted by Gasteiger charge is -2.18. The van der Waals surface area contributed by atoms with Gasteiger partial charge in [0.15, 0.2) is 0 Å². The molecule has 0 radical (unpaired) electrons. The molecule has 6 nitrogen and oxygen atoms in total. The summed E-state index contributed by atoms with van der Waals surface area (Å²) >= 11 is 0. The molecule has 0 aliphatic carbocycles. The second-order valence-electron chi connectivity index (χ2n) is 3.10. The van der Waals surface area contributed by atoms with Crippen molar-refractivity contribution in [3.05, 3.63) is 29.8 Å². The van der Waals surface area contributed by atoms with Gasteiger partial charge >= 0.3 is 0 Å². The maximum atomic E-state index is 5.89. The van der Waals surface area contributed by atoms with Crippen LogP contribution in [0.2, 0.25) is 0 Å². The van der Waals surface area contributed by atoms with Crippen LogP contribution in [0.5, 0.6) is 0 Å². The SMILES string of the molecule is CN/C(=C(/N)c1ccc(N)cn1)N(C)N. The lowest BCUT2D eigenvalue weighted by Crippen LogP contribution is -2.34. The number of hydrogen-bond acceptors (Lipinski definition) is 6. The molecule has 0 aromatic carbocycles. The zero-order valence-corrected chi connectivity index (χ0v) is 8.86. The summed E-state index contributed by atoms with van der Waals surface area (Å²) in [5.41, 5.74) is 13.1. The van der Waals surface area contributed by atoms with E-state index in [9.17, 15) is 0 Å². The molecule has 0 aliphatic rings. The molecule has 0 unspecified atom stereocenters. The highest BCUT2D eigenvalue weighted by atomic mass is 15.4. The Kier molecular flexibility index (Phi) is 3.35. The maximum Gasteiger partial charge on any atom is 0.141 e. The van der Waals surface area contributed by atoms with Gasteiger partial charge in [-0.15, -0.1) is 0 Å². The number of aromatic nitrogens is 1. The first-order valence-corrected chi connectivity index (χ1v) is 4.44. The zero-order chi connectivity index (χ0) is 11.4. The molecule has 0 atom stereocenters. The lowest BCUT2D eigenvalue weighted by atomic mass is 10.2. The van der Waals surface area contributed by atoms with E-state index in [-0.39, 0.29) is 0 Å². The Morgan fingerprint density at radius 1 is 1.47 bits per heavy atom. The van der Waals surface area contributed by atoms with Crippen LogP contribution in [0.3, 0.4) is 0 Å². The van der Waals surface area contributed by atoms with Crippen LogP contribution in [-0.2, 0) is 0 Å². The summed E-state index contributed by atoms with van der Waals surface area (Å²) in [4.78, 5) is 4.10. The molecule has 1 aromatic rings. The molecule has 1 aromatic heterocycles. The molecule has 15 heavy (non-hydrogen) atoms. The molecule has 1 heterocycles. The van der Waals surface area contributed by atoms with Crippen LogP contribution in [0.25, 0.3) is 5.70 Å². The third-order valence-electron chi connectivity index (χ3n) is 1.91. The van der Waals surface area contributed by atoms with Crippen molar-refractivity contribution in [2.24, 2.45) is 11.6 Å². The Morgan fingerprint density at radius 3 is 2.53 bits per heavy atom. The minimum absolute atomic E-state index is 0.475. The fraction of sp³-hybridized carbons (Fsp3) is 0.222. The van der Waals surface area contributed by atoms with Crippen LogP contribution >= 0.6 is 0 Å². The Hall–Kier alpha value is -1.95. The molecule has 0 aliphatic heterocycles. The number of pyridine rings is 1. The molecule has 0 spiro atoms. The van der Waals surface area contributed by atoms with E-state index in [4.69, 9.17) is 17.3 Å². The van der Waals surface area contributed by atoms with Gasteiger partial charge in [-0.3, -0.25) is 9.99 Å². The Balaban J connectivity index is 3.10. The monoisotopic (exact) mass is 208 g/mol. The minimum Gasteiger partial charge on any atom is -0.397 e. The van der Waals surface area contributed by atoms with Crippen LogP contribution < -0.4 is 22.6 Å². The number of nitrogens with zero attached hydrogens (tertiary/aromatic N) is 2. The van der Waals surface area contributed by atoms with Crippen LogP contribution in [-0.4, -0.2) is 24.1 Å². The summed E-state index contributed by atoms with van der Waals surface area (Å²) in [5.74, 6) is 6.20. The first kappa shape index (κ1) is 11.1. The van der Waals surface area contributed by atoms with Crippen molar-refractivity contribution in [2.75, 3.05) is 19.8 Å². The van der Waals surface area contributed by atoms with E-state index in [1.165, 1.54) is 5.01 Å². The second-order valence-corrected chi connectivity index (χ2v) is 3.10. The Labute approximate surface area is 88.7 Å². The van der Waals surface area contributed by atoms with Crippen LogP contribution in [0.1, 0.15) is 5.69 Å². The van der Waals surface area contributed by atoms with E-state index in [2.05, 4.69) is 10.3 Å². The average molecular weight is 208 g/mol. The molecular weight excluding hydrogens is 192 g/mol. The quantitative estimate of drug-likeness (QED) is 0.385. The smallest absolute Gasteiger partial charge is 0.141 e. The minimum atomic E-state index is 0.475. The fourth-order valence-corrected chi connectivity index (χ4v) is 1.19. The number of hydrogen-bond donors (Lipinski definition) is 4. The molecular formula is C9H16N6. The van der Waals surface area contributed by atoms with Gasteiger partial charge in [0.2, 0.25) is 0 Å². The van der Waals surface area contributed by atoms with Gasteiger partial charge < -0.3 is 16.8 Å². The summed E-state index contributed by atoms with van der Waals surface area (Å²) < 4.78 is 0. The van der Waals surface area contributed by atoms with Crippen molar-refractivity contribution in [1.29, 1.82) is 0 Å². The van der Waals surface area contributed by atoms with E-state index in [1.807, 2.05) is 0 Å². The van der Waals surface area contributed by atoms with Crippen molar-refractivity contribution < 1.29 is 0 Å². The number of nitrogen functional groups attached to an aromatic ring is 1. The average Bonchev–Trinajstić information content (AvgIpc) is 2.19. The first-order valence-electron chi connectivity index (χ1n) is 4.44. The van der Waals surface area contributed by atoms with Gasteiger partial charge in [0, 0.05) is 14.1 Å². The number of hydrazine groups is 1. The summed E-state index contributed by atoms with van der Waals surface area (Å²) in [6.07, 6.45) is 1.55. The van der Waals surface area contributed by atoms with Gasteiger partial charge in [-0.25, -0.2) is 5.84 Å². The van der Waals surface area contributed by atoms with Crippen LogP contribution in [0.15, 0.2) is 24.2 Å². The predicted octanol–water partition coefficient (Wildman–Crippen LogP) is -0.726. The molecule has 1 rings (SSSR count). The molecule has 0 amide bonds. The highest BCUT2D eigenvalue weighted by Crippen LogP contribution is 2.11. The lowest BCUT2D eigenvalue weighted by molar-refractivity contribution is 0.413. The summed E-state index contributed by atoms with van der Waals surface area (Å²) in [7, 11) is 3.43. The summed E-state index contributed by atoms with van der Waals surface area (Å²) in [5, 5.41) is 4.29. The van der Waals surface area contributed by atoms with E-state index >= 15 is 0 Å². The number of nitrogens with one attached hydrogen (secondary N) is 1. The molecule has 0 fully saturated rings. The van der Waals surface area contributed by atoms with Crippen molar-refractivity contribution in [3.63, 3.8) is 0 Å². The Bertz CT molecular complexity index is 353. The molecule has 0 saturated carbocycles. The first-order chi connectivity index (χ1) is 7.06. The van der Waals surface area contributed by atoms with E-state index in [1.54, 1.807) is 32.4 Å². The molecule has 7 N–H and O–H groups in total. The van der Waals surface area contributed by atoms with Crippen molar-refractivity contribution in [2.45, 2.75) is 0 Å². The molecule has 82 valence electrons. The largest absolute Gasteiger partial charge is 0.397 e.